The molecule has 1 N–H and O–H groups in total. The molecule has 1 unspecified atom stereocenters. The lowest BCUT2D eigenvalue weighted by Gasteiger charge is -2.31. The predicted octanol–water partition coefficient (Wildman–Crippen LogP) is 3.69. The maximum atomic E-state index is 13.9. The smallest absolute Gasteiger partial charge is 0.373 e. The van der Waals surface area contributed by atoms with Crippen molar-refractivity contribution in [1.82, 2.24) is 10.2 Å². The first-order valence-electron chi connectivity index (χ1n) is 9.69. The predicted molar refractivity (Wildman–Crippen MR) is 108 cm³/mol. The van der Waals surface area contributed by atoms with E-state index in [4.69, 9.17) is 0 Å². The summed E-state index contributed by atoms with van der Waals surface area (Å²) in [6, 6.07) is 18.9. The first kappa shape index (κ1) is 21.2. The van der Waals surface area contributed by atoms with Gasteiger partial charge in [-0.05, 0) is 30.7 Å². The lowest BCUT2D eigenvalue weighted by atomic mass is 9.85. The summed E-state index contributed by atoms with van der Waals surface area (Å²) in [5, 5.41) is 2.53. The fourth-order valence-corrected chi connectivity index (χ4v) is 3.73. The number of alkyl halides is 3. The lowest BCUT2D eigenvalue weighted by Crippen LogP contribution is -2.53. The summed E-state index contributed by atoms with van der Waals surface area (Å²) in [6.45, 7) is 0.915. The summed E-state index contributed by atoms with van der Waals surface area (Å²) in [5.74, 6) is -0.929. The standard InChI is InChI=1S/C22H26F3N3O/c1-27(19-10-6-3-7-11-19)15-13-26-20(29)21(22(23,24)25)12-14-28(17-21)16-18-8-4-2-5-9-18/h2-11H,12-17H2,1H3,(H,26,29). The number of amides is 1. The van der Waals surface area contributed by atoms with E-state index in [1.54, 1.807) is 4.90 Å². The van der Waals surface area contributed by atoms with Crippen LogP contribution in [0.3, 0.4) is 0 Å². The Bertz CT molecular complexity index is 798. The van der Waals surface area contributed by atoms with E-state index in [-0.39, 0.29) is 26.1 Å². The topological polar surface area (TPSA) is 35.6 Å². The van der Waals surface area contributed by atoms with Crippen molar-refractivity contribution in [3.8, 4) is 0 Å². The Labute approximate surface area is 169 Å². The van der Waals surface area contributed by atoms with Crippen LogP contribution in [-0.2, 0) is 11.3 Å². The Morgan fingerprint density at radius 2 is 1.72 bits per heavy atom. The highest BCUT2D eigenvalue weighted by Crippen LogP contribution is 2.46. The van der Waals surface area contributed by atoms with Crippen LogP contribution in [0.4, 0.5) is 18.9 Å². The molecule has 29 heavy (non-hydrogen) atoms. The minimum atomic E-state index is -4.59. The number of hydrogen-bond donors (Lipinski definition) is 1. The number of anilines is 1. The third-order valence-corrected chi connectivity index (χ3v) is 5.50. The first-order chi connectivity index (χ1) is 13.8. The molecule has 3 rings (SSSR count). The minimum Gasteiger partial charge on any atom is -0.373 e. The average molecular weight is 405 g/mol. The zero-order valence-corrected chi connectivity index (χ0v) is 16.5. The Hall–Kier alpha value is -2.54. The molecule has 4 nitrogen and oxygen atoms in total. The Morgan fingerprint density at radius 3 is 2.34 bits per heavy atom. The molecule has 2 aromatic rings. The van der Waals surface area contributed by atoms with Gasteiger partial charge in [0, 0.05) is 38.9 Å². The molecule has 2 aromatic carbocycles. The second-order valence-corrected chi connectivity index (χ2v) is 7.54. The maximum absolute atomic E-state index is 13.9. The summed E-state index contributed by atoms with van der Waals surface area (Å²) in [7, 11) is 1.85. The second kappa shape index (κ2) is 8.86. The van der Waals surface area contributed by atoms with Gasteiger partial charge >= 0.3 is 6.18 Å². The zero-order valence-electron chi connectivity index (χ0n) is 16.5. The van der Waals surface area contributed by atoms with Gasteiger partial charge in [-0.25, -0.2) is 0 Å². The highest BCUT2D eigenvalue weighted by molar-refractivity contribution is 5.84. The number of hydrogen-bond acceptors (Lipinski definition) is 3. The number of likely N-dealkylation sites (N-methyl/N-ethyl adjacent to an activating group) is 1. The van der Waals surface area contributed by atoms with E-state index >= 15 is 0 Å². The van der Waals surface area contributed by atoms with Crippen molar-refractivity contribution in [2.75, 3.05) is 38.1 Å². The van der Waals surface area contributed by atoms with Gasteiger partial charge in [0.1, 0.15) is 0 Å². The molecule has 0 aromatic heterocycles. The number of likely N-dealkylation sites (tertiary alicyclic amines) is 1. The molecule has 1 heterocycles. The molecule has 0 saturated carbocycles. The molecule has 1 fully saturated rings. The Morgan fingerprint density at radius 1 is 1.10 bits per heavy atom. The molecule has 1 saturated heterocycles. The number of benzene rings is 2. The minimum absolute atomic E-state index is 0.154. The van der Waals surface area contributed by atoms with Gasteiger partial charge in [-0.2, -0.15) is 13.2 Å². The van der Waals surface area contributed by atoms with Crippen LogP contribution in [-0.4, -0.2) is 50.2 Å². The van der Waals surface area contributed by atoms with Crippen molar-refractivity contribution in [1.29, 1.82) is 0 Å². The van der Waals surface area contributed by atoms with E-state index in [0.29, 0.717) is 13.1 Å². The number of rotatable bonds is 7. The van der Waals surface area contributed by atoms with Crippen LogP contribution in [0.1, 0.15) is 12.0 Å². The summed E-state index contributed by atoms with van der Waals surface area (Å²) < 4.78 is 41.8. The molecule has 1 atom stereocenters. The van der Waals surface area contributed by atoms with Gasteiger partial charge in [0.15, 0.2) is 5.41 Å². The summed E-state index contributed by atoms with van der Waals surface area (Å²) >= 11 is 0. The van der Waals surface area contributed by atoms with Crippen molar-refractivity contribution in [3.63, 3.8) is 0 Å². The first-order valence-corrected chi connectivity index (χ1v) is 9.69. The molecule has 7 heteroatoms. The van der Waals surface area contributed by atoms with Crippen LogP contribution in [0.5, 0.6) is 0 Å². The van der Waals surface area contributed by atoms with Gasteiger partial charge in [0.2, 0.25) is 5.91 Å². The van der Waals surface area contributed by atoms with Gasteiger partial charge in [0.05, 0.1) is 0 Å². The van der Waals surface area contributed by atoms with Crippen molar-refractivity contribution < 1.29 is 18.0 Å². The molecular formula is C22H26F3N3O. The molecule has 1 aliphatic heterocycles. The number of nitrogens with zero attached hydrogens (tertiary/aromatic N) is 2. The fraction of sp³-hybridized carbons (Fsp3) is 0.409. The lowest BCUT2D eigenvalue weighted by molar-refractivity contribution is -0.218. The molecule has 0 spiro atoms. The van der Waals surface area contributed by atoms with Crippen LogP contribution in [0, 0.1) is 5.41 Å². The number of halogens is 3. The van der Waals surface area contributed by atoms with E-state index in [1.165, 1.54) is 0 Å². The normalized spacial score (nSPS) is 19.9. The second-order valence-electron chi connectivity index (χ2n) is 7.54. The van der Waals surface area contributed by atoms with Gasteiger partial charge in [-0.15, -0.1) is 0 Å². The molecule has 1 amide bonds. The van der Waals surface area contributed by atoms with Gasteiger partial charge < -0.3 is 10.2 Å². The fourth-order valence-electron chi connectivity index (χ4n) is 3.73. The van der Waals surface area contributed by atoms with Crippen molar-refractivity contribution in [2.24, 2.45) is 5.41 Å². The van der Waals surface area contributed by atoms with E-state index in [9.17, 15) is 18.0 Å². The molecular weight excluding hydrogens is 379 g/mol. The van der Waals surface area contributed by atoms with E-state index in [1.807, 2.05) is 72.6 Å². The van der Waals surface area contributed by atoms with Crippen LogP contribution in [0.15, 0.2) is 60.7 Å². The Balaban J connectivity index is 1.60. The molecule has 0 aliphatic carbocycles. The number of carbonyl (C=O) groups excluding carboxylic acids is 1. The van der Waals surface area contributed by atoms with Gasteiger partial charge in [0.25, 0.3) is 0 Å². The maximum Gasteiger partial charge on any atom is 0.404 e. The molecule has 0 radical (unpaired) electrons. The van der Waals surface area contributed by atoms with Crippen molar-refractivity contribution >= 4 is 11.6 Å². The molecule has 156 valence electrons. The van der Waals surface area contributed by atoms with Crippen LogP contribution >= 0.6 is 0 Å². The molecule has 1 aliphatic rings. The monoisotopic (exact) mass is 405 g/mol. The highest BCUT2D eigenvalue weighted by Gasteiger charge is 2.62. The number of carbonyl (C=O) groups is 1. The largest absolute Gasteiger partial charge is 0.404 e. The number of nitrogens with one attached hydrogen (secondary N) is 1. The summed E-state index contributed by atoms with van der Waals surface area (Å²) in [6.07, 6.45) is -4.81. The van der Waals surface area contributed by atoms with Crippen LogP contribution < -0.4 is 10.2 Å². The van der Waals surface area contributed by atoms with E-state index < -0.39 is 17.5 Å². The van der Waals surface area contributed by atoms with Gasteiger partial charge in [-0.1, -0.05) is 48.5 Å². The van der Waals surface area contributed by atoms with Gasteiger partial charge in [-0.3, -0.25) is 9.69 Å². The van der Waals surface area contributed by atoms with E-state index in [2.05, 4.69) is 5.32 Å². The van der Waals surface area contributed by atoms with Crippen molar-refractivity contribution in [2.45, 2.75) is 19.1 Å². The zero-order chi connectivity index (χ0) is 20.9. The quantitative estimate of drug-likeness (QED) is 0.763. The third-order valence-electron chi connectivity index (χ3n) is 5.50. The third kappa shape index (κ3) is 4.90. The molecule has 0 bridgehead atoms. The highest BCUT2D eigenvalue weighted by atomic mass is 19.4. The summed E-state index contributed by atoms with van der Waals surface area (Å²) in [5.41, 5.74) is -0.467. The SMILES string of the molecule is CN(CCNC(=O)C1(C(F)(F)F)CCN(Cc2ccccc2)C1)c1ccccc1. The average Bonchev–Trinajstić information content (AvgIpc) is 3.14. The van der Waals surface area contributed by atoms with E-state index in [0.717, 1.165) is 11.3 Å². The number of para-hydroxylation sites is 1. The van der Waals surface area contributed by atoms with Crippen molar-refractivity contribution in [3.05, 3.63) is 66.2 Å². The Kier molecular flexibility index (Phi) is 6.47. The van der Waals surface area contributed by atoms with Crippen LogP contribution in [0.25, 0.3) is 0 Å². The summed E-state index contributed by atoms with van der Waals surface area (Å²) in [4.78, 5) is 16.3. The van der Waals surface area contributed by atoms with Crippen LogP contribution in [0.2, 0.25) is 0 Å².